The topological polar surface area (TPSA) is 96.5 Å². The minimum absolute atomic E-state index is 0. The Hall–Kier alpha value is -2.29. The van der Waals surface area contributed by atoms with Crippen LogP contribution in [0, 0.1) is 0 Å². The largest absolute Gasteiger partial charge is 0.494 e. The molecule has 9 heteroatoms. The van der Waals surface area contributed by atoms with Crippen LogP contribution in [0.3, 0.4) is 0 Å². The van der Waals surface area contributed by atoms with Gasteiger partial charge in [-0.1, -0.05) is 6.07 Å². The number of carbonyl (C=O) groups excluding carboxylic acids is 1. The number of carbonyl (C=O) groups is 1. The molecule has 0 fully saturated rings. The van der Waals surface area contributed by atoms with Gasteiger partial charge in [-0.25, -0.2) is 8.42 Å². The Morgan fingerprint density at radius 3 is 2.41 bits per heavy atom. The molecule has 7 nitrogen and oxygen atoms in total. The van der Waals surface area contributed by atoms with Crippen LogP contribution in [-0.4, -0.2) is 41.1 Å². The lowest BCUT2D eigenvalue weighted by Crippen LogP contribution is -2.30. The Bertz CT molecular complexity index is 842. The first-order chi connectivity index (χ1) is 12.5. The normalized spacial score (nSPS) is 10.6. The molecule has 2 aromatic carbocycles. The minimum atomic E-state index is -3.80. The van der Waals surface area contributed by atoms with Crippen LogP contribution in [-0.2, 0) is 10.0 Å². The fourth-order valence-corrected chi connectivity index (χ4v) is 3.31. The van der Waals surface area contributed by atoms with Crippen molar-refractivity contribution in [3.63, 3.8) is 0 Å². The van der Waals surface area contributed by atoms with E-state index in [0.29, 0.717) is 31.1 Å². The van der Waals surface area contributed by atoms with E-state index in [1.54, 1.807) is 43.4 Å². The molecular formula is C18H24ClN3O4S. The highest BCUT2D eigenvalue weighted by Crippen LogP contribution is 2.20. The van der Waals surface area contributed by atoms with Crippen molar-refractivity contribution in [1.82, 2.24) is 10.6 Å². The third-order valence-corrected chi connectivity index (χ3v) is 4.86. The second-order valence-corrected chi connectivity index (χ2v) is 7.13. The molecule has 27 heavy (non-hydrogen) atoms. The number of amides is 1. The quantitative estimate of drug-likeness (QED) is 0.548. The summed E-state index contributed by atoms with van der Waals surface area (Å²) in [7, 11) is -2.02. The number of likely N-dealkylation sites (N-methyl/N-ethyl adjacent to an activating group) is 1. The van der Waals surface area contributed by atoms with Crippen molar-refractivity contribution >= 4 is 34.0 Å². The summed E-state index contributed by atoms with van der Waals surface area (Å²) in [5.74, 6) is 0.342. The van der Waals surface area contributed by atoms with Gasteiger partial charge in [0.1, 0.15) is 5.75 Å². The fraction of sp³-hybridized carbons (Fsp3) is 0.278. The molecule has 0 saturated carbocycles. The van der Waals surface area contributed by atoms with E-state index in [0.717, 1.165) is 0 Å². The van der Waals surface area contributed by atoms with Gasteiger partial charge in [0.15, 0.2) is 0 Å². The number of hydrogen-bond donors (Lipinski definition) is 3. The third-order valence-electron chi connectivity index (χ3n) is 3.48. The molecule has 0 aliphatic carbocycles. The summed E-state index contributed by atoms with van der Waals surface area (Å²) in [6, 6.07) is 12.5. The fourth-order valence-electron chi connectivity index (χ4n) is 2.21. The number of halogens is 1. The number of nitrogens with one attached hydrogen (secondary N) is 3. The van der Waals surface area contributed by atoms with Gasteiger partial charge < -0.3 is 15.4 Å². The predicted molar refractivity (Wildman–Crippen MR) is 108 cm³/mol. The van der Waals surface area contributed by atoms with Gasteiger partial charge in [0.25, 0.3) is 15.9 Å². The van der Waals surface area contributed by atoms with Crippen LogP contribution in [0.15, 0.2) is 53.4 Å². The predicted octanol–water partition coefficient (Wildman–Crippen LogP) is 2.26. The van der Waals surface area contributed by atoms with Crippen LogP contribution in [0.2, 0.25) is 0 Å². The number of benzene rings is 2. The number of hydrogen-bond acceptors (Lipinski definition) is 5. The van der Waals surface area contributed by atoms with E-state index in [4.69, 9.17) is 4.74 Å². The first-order valence-electron chi connectivity index (χ1n) is 8.25. The van der Waals surface area contributed by atoms with Crippen LogP contribution >= 0.6 is 12.4 Å². The molecule has 0 aliphatic rings. The Morgan fingerprint density at radius 2 is 1.78 bits per heavy atom. The van der Waals surface area contributed by atoms with Gasteiger partial charge in [0.05, 0.1) is 11.5 Å². The molecule has 0 unspecified atom stereocenters. The van der Waals surface area contributed by atoms with Crippen molar-refractivity contribution in [2.45, 2.75) is 11.8 Å². The highest BCUT2D eigenvalue weighted by atomic mass is 35.5. The second-order valence-electron chi connectivity index (χ2n) is 5.45. The molecule has 3 N–H and O–H groups in total. The maximum Gasteiger partial charge on any atom is 0.261 e. The van der Waals surface area contributed by atoms with Gasteiger partial charge in [0.2, 0.25) is 0 Å². The van der Waals surface area contributed by atoms with Crippen LogP contribution in [0.25, 0.3) is 0 Å². The summed E-state index contributed by atoms with van der Waals surface area (Å²) < 4.78 is 33.0. The molecule has 1 amide bonds. The van der Waals surface area contributed by atoms with Crippen LogP contribution in [0.4, 0.5) is 5.69 Å². The summed E-state index contributed by atoms with van der Waals surface area (Å²) >= 11 is 0. The van der Waals surface area contributed by atoms with Gasteiger partial charge in [-0.2, -0.15) is 0 Å². The van der Waals surface area contributed by atoms with Crippen molar-refractivity contribution < 1.29 is 17.9 Å². The zero-order valence-corrected chi connectivity index (χ0v) is 16.8. The highest BCUT2D eigenvalue weighted by Gasteiger charge is 2.16. The Kier molecular flexibility index (Phi) is 9.07. The standard InChI is InChI=1S/C18H23N3O4S.ClH/c1-3-25-16-9-7-15(8-10-16)21-26(23,24)17-6-4-5-14(13-17)18(22)20-12-11-19-2;/h4-10,13,19,21H,3,11-12H2,1-2H3,(H,20,22);1H. The number of ether oxygens (including phenoxy) is 1. The zero-order chi connectivity index (χ0) is 19.0. The molecule has 0 aromatic heterocycles. The molecule has 0 saturated heterocycles. The van der Waals surface area contributed by atoms with Gasteiger partial charge in [-0.15, -0.1) is 12.4 Å². The van der Waals surface area contributed by atoms with Gasteiger partial charge in [-0.05, 0) is 56.4 Å². The summed E-state index contributed by atoms with van der Waals surface area (Å²) in [4.78, 5) is 12.1. The van der Waals surface area contributed by atoms with Gasteiger partial charge in [-0.3, -0.25) is 9.52 Å². The van der Waals surface area contributed by atoms with E-state index in [2.05, 4.69) is 15.4 Å². The van der Waals surface area contributed by atoms with E-state index in [9.17, 15) is 13.2 Å². The van der Waals surface area contributed by atoms with Gasteiger partial charge in [0, 0.05) is 24.3 Å². The first kappa shape index (κ1) is 22.8. The molecule has 0 radical (unpaired) electrons. The van der Waals surface area contributed by atoms with E-state index in [1.807, 2.05) is 6.92 Å². The Morgan fingerprint density at radius 1 is 1.07 bits per heavy atom. The highest BCUT2D eigenvalue weighted by molar-refractivity contribution is 7.92. The molecule has 0 aliphatic heterocycles. The van der Waals surface area contributed by atoms with Crippen LogP contribution in [0.1, 0.15) is 17.3 Å². The Balaban J connectivity index is 0.00000364. The average Bonchev–Trinajstić information content (AvgIpc) is 2.63. The van der Waals surface area contributed by atoms with E-state index < -0.39 is 10.0 Å². The van der Waals surface area contributed by atoms with E-state index in [-0.39, 0.29) is 28.8 Å². The molecule has 0 heterocycles. The molecule has 148 valence electrons. The Labute approximate surface area is 166 Å². The number of sulfonamides is 1. The average molecular weight is 414 g/mol. The molecule has 2 aromatic rings. The minimum Gasteiger partial charge on any atom is -0.494 e. The lowest BCUT2D eigenvalue weighted by atomic mass is 10.2. The summed E-state index contributed by atoms with van der Waals surface area (Å²) in [5.41, 5.74) is 0.702. The molecule has 2 rings (SSSR count). The molecule has 0 bridgehead atoms. The monoisotopic (exact) mass is 413 g/mol. The van der Waals surface area contributed by atoms with Crippen LogP contribution < -0.4 is 20.1 Å². The summed E-state index contributed by atoms with van der Waals surface area (Å²) in [6.45, 7) is 3.49. The van der Waals surface area contributed by atoms with Gasteiger partial charge >= 0.3 is 0 Å². The van der Waals surface area contributed by atoms with E-state index >= 15 is 0 Å². The smallest absolute Gasteiger partial charge is 0.261 e. The van der Waals surface area contributed by atoms with Crippen molar-refractivity contribution in [2.75, 3.05) is 31.5 Å². The maximum absolute atomic E-state index is 12.6. The van der Waals surface area contributed by atoms with Crippen molar-refractivity contribution in [3.8, 4) is 5.75 Å². The summed E-state index contributed by atoms with van der Waals surface area (Å²) in [5, 5.41) is 5.64. The van der Waals surface area contributed by atoms with Crippen molar-refractivity contribution in [3.05, 3.63) is 54.1 Å². The molecule has 0 atom stereocenters. The van der Waals surface area contributed by atoms with Crippen LogP contribution in [0.5, 0.6) is 5.75 Å². The maximum atomic E-state index is 12.6. The zero-order valence-electron chi connectivity index (χ0n) is 15.2. The van der Waals surface area contributed by atoms with E-state index in [1.165, 1.54) is 12.1 Å². The summed E-state index contributed by atoms with van der Waals surface area (Å²) in [6.07, 6.45) is 0. The number of rotatable bonds is 9. The molecule has 0 spiro atoms. The van der Waals surface area contributed by atoms with Crippen molar-refractivity contribution in [2.24, 2.45) is 0 Å². The SMILES string of the molecule is CCOc1ccc(NS(=O)(=O)c2cccc(C(=O)NCCNC)c2)cc1.Cl. The number of anilines is 1. The first-order valence-corrected chi connectivity index (χ1v) is 9.73. The van der Waals surface area contributed by atoms with Crippen molar-refractivity contribution in [1.29, 1.82) is 0 Å². The third kappa shape index (κ3) is 6.74. The lowest BCUT2D eigenvalue weighted by molar-refractivity contribution is 0.0954. The lowest BCUT2D eigenvalue weighted by Gasteiger charge is -2.10. The molecular weight excluding hydrogens is 390 g/mol. The second kappa shape index (κ2) is 10.8.